The van der Waals surface area contributed by atoms with Crippen LogP contribution in [0.2, 0.25) is 10.0 Å². The average molecular weight is 550 g/mol. The second-order valence-corrected chi connectivity index (χ2v) is 12.0. The molecule has 10 nitrogen and oxygen atoms in total. The molecule has 194 valence electrons. The van der Waals surface area contributed by atoms with Gasteiger partial charge in [0.2, 0.25) is 15.9 Å². The fraction of sp³-hybridized carbons (Fsp3) is 0.455. The van der Waals surface area contributed by atoms with Gasteiger partial charge < -0.3 is 24.4 Å². The van der Waals surface area contributed by atoms with Crippen LogP contribution < -0.4 is 4.72 Å². The topological polar surface area (TPSA) is 138 Å². The first-order valence-corrected chi connectivity index (χ1v) is 12.9. The zero-order valence-corrected chi connectivity index (χ0v) is 22.3. The number of aromatic nitrogens is 1. The normalized spacial score (nSPS) is 12.8. The summed E-state index contributed by atoms with van der Waals surface area (Å²) in [5.74, 6) is -1.78. The zero-order valence-electron chi connectivity index (χ0n) is 20.0. The van der Waals surface area contributed by atoms with Crippen molar-refractivity contribution in [1.29, 1.82) is 0 Å². The summed E-state index contributed by atoms with van der Waals surface area (Å²) >= 11 is 11.9. The maximum Gasteiger partial charge on any atom is 0.421 e. The number of carbonyl (C=O) groups excluding carboxylic acids is 2. The number of nitrogens with one attached hydrogen (secondary N) is 1. The van der Waals surface area contributed by atoms with Gasteiger partial charge in [-0.2, -0.15) is 0 Å². The molecule has 1 aromatic carbocycles. The molecule has 0 fully saturated rings. The second-order valence-electron chi connectivity index (χ2n) is 9.07. The van der Waals surface area contributed by atoms with E-state index >= 15 is 0 Å². The van der Waals surface area contributed by atoms with Crippen LogP contribution in [-0.4, -0.2) is 58.0 Å². The number of rotatable bonds is 8. The van der Waals surface area contributed by atoms with Gasteiger partial charge in [0.1, 0.15) is 11.2 Å². The smallest absolute Gasteiger partial charge is 0.421 e. The molecular weight excluding hydrogens is 521 g/mol. The van der Waals surface area contributed by atoms with Crippen LogP contribution in [0.15, 0.2) is 24.4 Å². The molecule has 0 bridgehead atoms. The van der Waals surface area contributed by atoms with Crippen molar-refractivity contribution in [3.63, 3.8) is 0 Å². The first kappa shape index (κ1) is 28.6. The molecule has 3 N–H and O–H groups in total. The Labute approximate surface area is 214 Å². The molecule has 1 aromatic heterocycles. The van der Waals surface area contributed by atoms with Gasteiger partial charge in [0.15, 0.2) is 5.75 Å². The third-order valence-electron chi connectivity index (χ3n) is 4.94. The Morgan fingerprint density at radius 3 is 2.40 bits per heavy atom. The van der Waals surface area contributed by atoms with Crippen LogP contribution in [0.1, 0.15) is 50.0 Å². The molecule has 1 atom stereocenters. The molecule has 0 aliphatic carbocycles. The Kier molecular flexibility index (Phi) is 8.96. The number of aryl methyl sites for hydroxylation is 1. The third-order valence-corrected chi connectivity index (χ3v) is 7.42. The number of nitrogens with zero attached hydrogens (tertiary/aromatic N) is 2. The number of hydrogen-bond acceptors (Lipinski definition) is 7. The second kappa shape index (κ2) is 11.0. The van der Waals surface area contributed by atoms with E-state index in [4.69, 9.17) is 27.9 Å². The van der Waals surface area contributed by atoms with Crippen molar-refractivity contribution in [3.05, 3.63) is 45.6 Å². The summed E-state index contributed by atoms with van der Waals surface area (Å²) in [5, 5.41) is 20.2. The molecule has 0 saturated carbocycles. The van der Waals surface area contributed by atoms with Gasteiger partial charge in [-0.3, -0.25) is 4.79 Å². The van der Waals surface area contributed by atoms with E-state index in [1.807, 2.05) is 4.72 Å². The summed E-state index contributed by atoms with van der Waals surface area (Å²) in [7, 11) is -2.56. The van der Waals surface area contributed by atoms with E-state index < -0.39 is 44.5 Å². The largest absolute Gasteiger partial charge is 0.503 e. The van der Waals surface area contributed by atoms with Gasteiger partial charge in [-0.1, -0.05) is 29.3 Å². The Morgan fingerprint density at radius 2 is 1.83 bits per heavy atom. The predicted octanol–water partition coefficient (Wildman–Crippen LogP) is 4.11. The number of hydrogen-bond donors (Lipinski definition) is 3. The lowest BCUT2D eigenvalue weighted by Crippen LogP contribution is -2.40. The summed E-state index contributed by atoms with van der Waals surface area (Å²) < 4.78 is 32.8. The predicted molar refractivity (Wildman–Crippen MR) is 132 cm³/mol. The fourth-order valence-electron chi connectivity index (χ4n) is 3.04. The SMILES string of the molecule is CC(CCn1cc(C(=O)N(C)Cc2ccc(Cl)c(Cl)c2)c(O)c1O)S(=O)(=O)NC(=O)OC(C)(C)C. The van der Waals surface area contributed by atoms with Crippen LogP contribution in [-0.2, 0) is 27.8 Å². The van der Waals surface area contributed by atoms with Gasteiger partial charge in [0.25, 0.3) is 5.91 Å². The number of ether oxygens (including phenoxy) is 1. The van der Waals surface area contributed by atoms with Crippen LogP contribution in [0.5, 0.6) is 11.6 Å². The fourth-order valence-corrected chi connectivity index (χ4v) is 4.25. The molecule has 0 aliphatic heterocycles. The highest BCUT2D eigenvalue weighted by Crippen LogP contribution is 2.33. The molecular formula is C22H29Cl2N3O7S. The van der Waals surface area contributed by atoms with Gasteiger partial charge in [-0.05, 0) is 51.8 Å². The number of sulfonamides is 1. The van der Waals surface area contributed by atoms with E-state index in [1.165, 1.54) is 25.1 Å². The lowest BCUT2D eigenvalue weighted by atomic mass is 10.2. The number of aromatic hydroxyl groups is 2. The highest BCUT2D eigenvalue weighted by molar-refractivity contribution is 7.90. The van der Waals surface area contributed by atoms with Crippen molar-refractivity contribution in [2.75, 3.05) is 7.05 Å². The number of carbonyl (C=O) groups is 2. The third kappa shape index (κ3) is 7.68. The Bertz CT molecular complexity index is 1210. The van der Waals surface area contributed by atoms with Crippen LogP contribution >= 0.6 is 23.2 Å². The van der Waals surface area contributed by atoms with Crippen molar-refractivity contribution in [2.45, 2.75) is 58.1 Å². The molecule has 0 radical (unpaired) electrons. The zero-order chi connectivity index (χ0) is 26.7. The van der Waals surface area contributed by atoms with Crippen LogP contribution in [0.4, 0.5) is 4.79 Å². The lowest BCUT2D eigenvalue weighted by molar-refractivity contribution is 0.0569. The summed E-state index contributed by atoms with van der Waals surface area (Å²) in [6.07, 6.45) is 0.106. The average Bonchev–Trinajstić information content (AvgIpc) is 3.00. The van der Waals surface area contributed by atoms with E-state index in [2.05, 4.69) is 0 Å². The van der Waals surface area contributed by atoms with Crippen LogP contribution in [0.3, 0.4) is 0 Å². The summed E-state index contributed by atoms with van der Waals surface area (Å²) in [4.78, 5) is 26.0. The van der Waals surface area contributed by atoms with Crippen molar-refractivity contribution in [3.8, 4) is 11.6 Å². The number of amides is 2. The summed E-state index contributed by atoms with van der Waals surface area (Å²) in [6.45, 7) is 6.29. The minimum Gasteiger partial charge on any atom is -0.503 e. The van der Waals surface area contributed by atoms with Gasteiger partial charge in [0.05, 0.1) is 15.3 Å². The number of halogens is 2. The van der Waals surface area contributed by atoms with E-state index in [1.54, 1.807) is 39.0 Å². The Morgan fingerprint density at radius 1 is 1.20 bits per heavy atom. The summed E-state index contributed by atoms with van der Waals surface area (Å²) in [6, 6.07) is 4.92. The molecule has 2 aromatic rings. The molecule has 2 amide bonds. The van der Waals surface area contributed by atoms with Crippen LogP contribution in [0, 0.1) is 0 Å². The van der Waals surface area contributed by atoms with Crippen molar-refractivity contribution >= 4 is 45.2 Å². The van der Waals surface area contributed by atoms with E-state index in [9.17, 15) is 28.2 Å². The van der Waals surface area contributed by atoms with Crippen molar-refractivity contribution < 1.29 is 33.0 Å². The quantitative estimate of drug-likeness (QED) is 0.450. The minimum absolute atomic E-state index is 0.0352. The summed E-state index contributed by atoms with van der Waals surface area (Å²) in [5.41, 5.74) is -0.324. The lowest BCUT2D eigenvalue weighted by Gasteiger charge is -2.21. The molecule has 0 spiro atoms. The van der Waals surface area contributed by atoms with E-state index in [-0.39, 0.29) is 25.1 Å². The molecule has 13 heteroatoms. The van der Waals surface area contributed by atoms with Gasteiger partial charge in [-0.15, -0.1) is 0 Å². The number of benzene rings is 1. The molecule has 0 saturated heterocycles. The highest BCUT2D eigenvalue weighted by atomic mass is 35.5. The van der Waals surface area contributed by atoms with Gasteiger partial charge >= 0.3 is 6.09 Å². The maximum atomic E-state index is 12.8. The maximum absolute atomic E-state index is 12.8. The molecule has 35 heavy (non-hydrogen) atoms. The molecule has 1 heterocycles. The minimum atomic E-state index is -4.07. The first-order valence-electron chi connectivity index (χ1n) is 10.6. The molecule has 0 aliphatic rings. The van der Waals surface area contributed by atoms with Crippen molar-refractivity contribution in [1.82, 2.24) is 14.2 Å². The van der Waals surface area contributed by atoms with E-state index in [0.717, 1.165) is 4.57 Å². The Hall–Kier alpha value is -2.63. The van der Waals surface area contributed by atoms with Crippen molar-refractivity contribution in [2.24, 2.45) is 0 Å². The first-order chi connectivity index (χ1) is 16.0. The van der Waals surface area contributed by atoms with Gasteiger partial charge in [-0.25, -0.2) is 17.9 Å². The standard InChI is InChI=1S/C22H29Cl2N3O7S/c1-13(35(32,33)25-21(31)34-22(2,3)4)8-9-27-12-15(18(28)20(27)30)19(29)26(5)11-14-6-7-16(23)17(24)10-14/h6-7,10,12-13,28,30H,8-9,11H2,1-5H3,(H,25,31). The Balaban J connectivity index is 2.07. The monoisotopic (exact) mass is 549 g/mol. The highest BCUT2D eigenvalue weighted by Gasteiger charge is 2.28. The van der Waals surface area contributed by atoms with E-state index in [0.29, 0.717) is 15.6 Å². The van der Waals surface area contributed by atoms with Crippen LogP contribution in [0.25, 0.3) is 0 Å². The van der Waals surface area contributed by atoms with Gasteiger partial charge in [0, 0.05) is 26.3 Å². The molecule has 2 rings (SSSR count). The molecule has 1 unspecified atom stereocenters.